The van der Waals surface area contributed by atoms with E-state index in [1.165, 1.54) is 17.1 Å². The van der Waals surface area contributed by atoms with Crippen molar-refractivity contribution in [3.8, 4) is 0 Å². The molecule has 2 atom stereocenters. The molecular formula is C23H41N3O2S. The summed E-state index contributed by atoms with van der Waals surface area (Å²) in [5, 5.41) is 0. The Bertz CT molecular complexity index is 806. The van der Waals surface area contributed by atoms with Crippen LogP contribution in [0.1, 0.15) is 68.7 Å². The molecule has 3 aliphatic heterocycles. The molecule has 2 saturated heterocycles. The maximum absolute atomic E-state index is 11.9. The first kappa shape index (κ1) is 22.8. The molecule has 0 N–H and O–H groups in total. The SMILES string of the molecule is CC(C)(C)C1=NC(C(C)(C)C)C(C(C)(C)C)=C2CC(N3CCS(=O)(=O)CC3)CN12. The van der Waals surface area contributed by atoms with Gasteiger partial charge in [0.15, 0.2) is 9.84 Å². The minimum atomic E-state index is -2.86. The van der Waals surface area contributed by atoms with E-state index in [4.69, 9.17) is 4.99 Å². The summed E-state index contributed by atoms with van der Waals surface area (Å²) in [6.45, 7) is 22.8. The average molecular weight is 424 g/mol. The third-order valence-corrected chi connectivity index (χ3v) is 8.04. The molecule has 2 fully saturated rings. The van der Waals surface area contributed by atoms with Crippen LogP contribution in [0.4, 0.5) is 0 Å². The lowest BCUT2D eigenvalue weighted by molar-refractivity contribution is 0.217. The summed E-state index contributed by atoms with van der Waals surface area (Å²) in [6.07, 6.45) is 0.994. The molecule has 166 valence electrons. The van der Waals surface area contributed by atoms with Crippen LogP contribution in [0, 0.1) is 16.2 Å². The number of hydrogen-bond donors (Lipinski definition) is 0. The summed E-state index contributed by atoms with van der Waals surface area (Å²) in [5.41, 5.74) is 2.97. The van der Waals surface area contributed by atoms with Crippen molar-refractivity contribution in [2.75, 3.05) is 31.1 Å². The van der Waals surface area contributed by atoms with Gasteiger partial charge in [-0.15, -0.1) is 0 Å². The van der Waals surface area contributed by atoms with Gasteiger partial charge < -0.3 is 4.90 Å². The van der Waals surface area contributed by atoms with Crippen LogP contribution >= 0.6 is 0 Å². The van der Waals surface area contributed by atoms with E-state index in [0.717, 1.165) is 13.0 Å². The van der Waals surface area contributed by atoms with Crippen molar-refractivity contribution in [3.63, 3.8) is 0 Å². The highest BCUT2D eigenvalue weighted by Gasteiger charge is 2.47. The largest absolute Gasteiger partial charge is 0.332 e. The molecule has 3 aliphatic rings. The van der Waals surface area contributed by atoms with Crippen LogP contribution in [0.25, 0.3) is 0 Å². The molecule has 0 aliphatic carbocycles. The Labute approximate surface area is 178 Å². The number of hydrogen-bond acceptors (Lipinski definition) is 5. The van der Waals surface area contributed by atoms with E-state index < -0.39 is 9.84 Å². The molecule has 0 aromatic carbocycles. The fourth-order valence-electron chi connectivity index (χ4n) is 5.01. The Morgan fingerprint density at radius 3 is 1.90 bits per heavy atom. The number of fused-ring (bicyclic) bond motifs is 1. The average Bonchev–Trinajstić information content (AvgIpc) is 2.94. The predicted molar refractivity (Wildman–Crippen MR) is 122 cm³/mol. The van der Waals surface area contributed by atoms with Gasteiger partial charge >= 0.3 is 0 Å². The van der Waals surface area contributed by atoms with E-state index in [0.29, 0.717) is 30.6 Å². The van der Waals surface area contributed by atoms with Crippen molar-refractivity contribution in [2.45, 2.75) is 80.8 Å². The fourth-order valence-corrected chi connectivity index (χ4v) is 6.24. The summed E-state index contributed by atoms with van der Waals surface area (Å²) in [4.78, 5) is 10.3. The van der Waals surface area contributed by atoms with Gasteiger partial charge in [-0.25, -0.2) is 8.42 Å². The zero-order valence-corrected chi connectivity index (χ0v) is 20.8. The number of rotatable bonds is 1. The van der Waals surface area contributed by atoms with Crippen LogP contribution in [-0.2, 0) is 9.84 Å². The smallest absolute Gasteiger partial charge is 0.152 e. The van der Waals surface area contributed by atoms with E-state index in [-0.39, 0.29) is 22.3 Å². The lowest BCUT2D eigenvalue weighted by Crippen LogP contribution is -2.49. The van der Waals surface area contributed by atoms with Gasteiger partial charge in [-0.3, -0.25) is 9.89 Å². The van der Waals surface area contributed by atoms with Gasteiger partial charge in [0.05, 0.1) is 17.5 Å². The molecule has 2 unspecified atom stereocenters. The minimum absolute atomic E-state index is 0.0295. The van der Waals surface area contributed by atoms with Gasteiger partial charge in [0.1, 0.15) is 5.84 Å². The second-order valence-electron chi connectivity index (χ2n) is 12.2. The molecule has 0 aromatic rings. The molecule has 0 spiro atoms. The molecule has 3 rings (SSSR count). The quantitative estimate of drug-likeness (QED) is 0.640. The van der Waals surface area contributed by atoms with Crippen molar-refractivity contribution < 1.29 is 8.42 Å². The Morgan fingerprint density at radius 2 is 1.45 bits per heavy atom. The van der Waals surface area contributed by atoms with Crippen molar-refractivity contribution in [2.24, 2.45) is 21.2 Å². The van der Waals surface area contributed by atoms with E-state index in [2.05, 4.69) is 72.1 Å². The number of sulfone groups is 1. The monoisotopic (exact) mass is 423 g/mol. The highest BCUT2D eigenvalue weighted by Crippen LogP contribution is 2.48. The predicted octanol–water partition coefficient (Wildman–Crippen LogP) is 3.96. The maximum Gasteiger partial charge on any atom is 0.152 e. The van der Waals surface area contributed by atoms with Crippen molar-refractivity contribution in [1.29, 1.82) is 0 Å². The Balaban J connectivity index is 2.04. The summed E-state index contributed by atoms with van der Waals surface area (Å²) >= 11 is 0. The first-order valence-electron chi connectivity index (χ1n) is 11.0. The normalized spacial score (nSPS) is 29.1. The van der Waals surface area contributed by atoms with Gasteiger partial charge in [0, 0.05) is 43.2 Å². The minimum Gasteiger partial charge on any atom is -0.332 e. The highest BCUT2D eigenvalue weighted by atomic mass is 32.2. The van der Waals surface area contributed by atoms with Gasteiger partial charge in [-0.2, -0.15) is 0 Å². The van der Waals surface area contributed by atoms with Crippen molar-refractivity contribution in [1.82, 2.24) is 9.80 Å². The number of amidine groups is 1. The lowest BCUT2D eigenvalue weighted by Gasteiger charge is -2.45. The van der Waals surface area contributed by atoms with Gasteiger partial charge in [-0.1, -0.05) is 62.3 Å². The van der Waals surface area contributed by atoms with Gasteiger partial charge in [-0.05, 0) is 16.4 Å². The zero-order valence-electron chi connectivity index (χ0n) is 20.0. The molecule has 0 saturated carbocycles. The molecule has 0 amide bonds. The summed E-state index contributed by atoms with van der Waals surface area (Å²) < 4.78 is 23.8. The second-order valence-corrected chi connectivity index (χ2v) is 14.5. The number of nitrogens with zero attached hydrogens (tertiary/aromatic N) is 3. The third-order valence-electron chi connectivity index (χ3n) is 6.43. The molecule has 5 nitrogen and oxygen atoms in total. The van der Waals surface area contributed by atoms with Crippen LogP contribution in [0.2, 0.25) is 0 Å². The van der Waals surface area contributed by atoms with Crippen LogP contribution in [-0.4, -0.2) is 67.3 Å². The summed E-state index contributed by atoms with van der Waals surface area (Å²) in [7, 11) is -2.86. The molecule has 6 heteroatoms. The fraction of sp³-hybridized carbons (Fsp3) is 0.870. The van der Waals surface area contributed by atoms with E-state index >= 15 is 0 Å². The van der Waals surface area contributed by atoms with E-state index in [1.54, 1.807) is 0 Å². The van der Waals surface area contributed by atoms with Crippen LogP contribution in [0.5, 0.6) is 0 Å². The standard InChI is InChI=1S/C23H41N3O2S/c1-21(2,3)18-17-14-16(25-10-12-29(27,28)13-11-25)15-26(17)20(23(7,8)9)24-19(18)22(4,5)6/h16,19H,10-15H2,1-9H3. The second kappa shape index (κ2) is 7.08. The van der Waals surface area contributed by atoms with Crippen molar-refractivity contribution in [3.05, 3.63) is 11.3 Å². The van der Waals surface area contributed by atoms with Gasteiger partial charge in [0.25, 0.3) is 0 Å². The Hall–Kier alpha value is -0.880. The van der Waals surface area contributed by atoms with Crippen LogP contribution in [0.3, 0.4) is 0 Å². The third kappa shape index (κ3) is 4.58. The van der Waals surface area contributed by atoms with E-state index in [1.807, 2.05) is 0 Å². The van der Waals surface area contributed by atoms with Crippen LogP contribution in [0.15, 0.2) is 16.3 Å². The molecule has 0 radical (unpaired) electrons. The first-order chi connectivity index (χ1) is 13.0. The molecule has 0 aromatic heterocycles. The Kier molecular flexibility index (Phi) is 5.57. The van der Waals surface area contributed by atoms with Crippen LogP contribution < -0.4 is 0 Å². The molecule has 3 heterocycles. The summed E-state index contributed by atoms with van der Waals surface area (Å²) in [5.74, 6) is 1.77. The lowest BCUT2D eigenvalue weighted by atomic mass is 9.70. The highest BCUT2D eigenvalue weighted by molar-refractivity contribution is 7.91. The molecule has 0 bridgehead atoms. The number of aliphatic imine (C=N–C) groups is 1. The van der Waals surface area contributed by atoms with Crippen molar-refractivity contribution >= 4 is 15.7 Å². The molecular weight excluding hydrogens is 382 g/mol. The maximum atomic E-state index is 11.9. The topological polar surface area (TPSA) is 53.0 Å². The molecule has 29 heavy (non-hydrogen) atoms. The van der Waals surface area contributed by atoms with E-state index in [9.17, 15) is 8.42 Å². The first-order valence-corrected chi connectivity index (χ1v) is 12.9. The Morgan fingerprint density at radius 1 is 0.897 bits per heavy atom. The zero-order chi connectivity index (χ0) is 22.0. The summed E-state index contributed by atoms with van der Waals surface area (Å²) in [6, 6.07) is 0.535. The van der Waals surface area contributed by atoms with Gasteiger partial charge in [0.2, 0.25) is 0 Å².